The topological polar surface area (TPSA) is 37.4 Å². The molecule has 0 spiro atoms. The Labute approximate surface area is 89.4 Å². The van der Waals surface area contributed by atoms with Crippen molar-refractivity contribution in [2.24, 2.45) is 0 Å². The minimum absolute atomic E-state index is 0.443. The number of para-hydroxylation sites is 1. The molecule has 0 atom stereocenters. The van der Waals surface area contributed by atoms with Gasteiger partial charge in [0.2, 0.25) is 10.0 Å². The van der Waals surface area contributed by atoms with Crippen LogP contribution in [0.1, 0.15) is 5.56 Å². The van der Waals surface area contributed by atoms with Gasteiger partial charge in [-0.1, -0.05) is 23.7 Å². The zero-order valence-corrected chi connectivity index (χ0v) is 9.85. The van der Waals surface area contributed by atoms with Crippen molar-refractivity contribution in [3.05, 3.63) is 28.8 Å². The van der Waals surface area contributed by atoms with Gasteiger partial charge < -0.3 is 0 Å². The third-order valence-corrected chi connectivity index (χ3v) is 3.48. The largest absolute Gasteiger partial charge is 0.272 e. The maximum absolute atomic E-state index is 11.3. The van der Waals surface area contributed by atoms with Gasteiger partial charge >= 0.3 is 0 Å². The van der Waals surface area contributed by atoms with E-state index in [4.69, 9.17) is 11.6 Å². The van der Waals surface area contributed by atoms with Gasteiger partial charge in [-0.15, -0.1) is 0 Å². The fourth-order valence-corrected chi connectivity index (χ4v) is 2.16. The van der Waals surface area contributed by atoms with Crippen LogP contribution in [-0.4, -0.2) is 21.7 Å². The molecule has 1 aromatic rings. The van der Waals surface area contributed by atoms with Gasteiger partial charge in [0.15, 0.2) is 0 Å². The van der Waals surface area contributed by atoms with E-state index in [0.717, 1.165) is 11.8 Å². The summed E-state index contributed by atoms with van der Waals surface area (Å²) in [5, 5.41) is 0.443. The Kier molecular flexibility index (Phi) is 3.07. The average molecular weight is 234 g/mol. The molecule has 0 fully saturated rings. The van der Waals surface area contributed by atoms with Crippen LogP contribution in [0, 0.1) is 6.92 Å². The lowest BCUT2D eigenvalue weighted by atomic mass is 10.2. The number of benzene rings is 1. The normalized spacial score (nSPS) is 11.4. The Bertz CT molecular complexity index is 422. The Hall–Kier alpha value is -0.740. The van der Waals surface area contributed by atoms with E-state index in [1.807, 2.05) is 13.0 Å². The lowest BCUT2D eigenvalue weighted by Crippen LogP contribution is -2.25. The summed E-state index contributed by atoms with van der Waals surface area (Å²) in [6, 6.07) is 5.28. The highest BCUT2D eigenvalue weighted by atomic mass is 35.5. The number of hydrogen-bond acceptors (Lipinski definition) is 2. The third-order valence-electron chi connectivity index (χ3n) is 2.00. The molecule has 0 saturated carbocycles. The van der Waals surface area contributed by atoms with Crippen molar-refractivity contribution in [1.82, 2.24) is 0 Å². The van der Waals surface area contributed by atoms with Gasteiger partial charge in [0.05, 0.1) is 17.0 Å². The van der Waals surface area contributed by atoms with E-state index in [1.54, 1.807) is 12.1 Å². The molecule has 0 aliphatic heterocycles. The summed E-state index contributed by atoms with van der Waals surface area (Å²) in [4.78, 5) is 0. The van der Waals surface area contributed by atoms with Crippen molar-refractivity contribution in [1.29, 1.82) is 0 Å². The van der Waals surface area contributed by atoms with Gasteiger partial charge in [-0.25, -0.2) is 8.42 Å². The summed E-state index contributed by atoms with van der Waals surface area (Å²) in [5.41, 5.74) is 1.38. The number of sulfonamides is 1. The molecule has 0 saturated heterocycles. The quantitative estimate of drug-likeness (QED) is 0.784. The molecule has 0 radical (unpaired) electrons. The van der Waals surface area contributed by atoms with E-state index in [9.17, 15) is 8.42 Å². The van der Waals surface area contributed by atoms with Crippen molar-refractivity contribution in [2.45, 2.75) is 6.92 Å². The first-order valence-corrected chi connectivity index (χ1v) is 6.25. The third kappa shape index (κ3) is 2.19. The molecule has 1 rings (SSSR count). The number of anilines is 1. The molecule has 14 heavy (non-hydrogen) atoms. The molecule has 78 valence electrons. The van der Waals surface area contributed by atoms with Crippen molar-refractivity contribution >= 4 is 27.3 Å². The molecule has 3 nitrogen and oxygen atoms in total. The Morgan fingerprint density at radius 3 is 2.36 bits per heavy atom. The molecule has 0 N–H and O–H groups in total. The fourth-order valence-electron chi connectivity index (χ4n) is 1.19. The van der Waals surface area contributed by atoms with Crippen LogP contribution in [0.5, 0.6) is 0 Å². The lowest BCUT2D eigenvalue weighted by Gasteiger charge is -2.20. The van der Waals surface area contributed by atoms with Gasteiger partial charge in [0, 0.05) is 7.05 Å². The van der Waals surface area contributed by atoms with Crippen molar-refractivity contribution in [3.8, 4) is 0 Å². The summed E-state index contributed by atoms with van der Waals surface area (Å²) in [6.45, 7) is 1.82. The molecule has 0 bridgehead atoms. The Morgan fingerprint density at radius 1 is 1.36 bits per heavy atom. The number of hydrogen-bond donors (Lipinski definition) is 0. The standard InChI is InChI=1S/C9H12ClNO2S/c1-7-5-4-6-8(10)9(7)11(2)14(3,12)13/h4-6H,1-3H3. The van der Waals surface area contributed by atoms with E-state index in [1.165, 1.54) is 11.4 Å². The second kappa shape index (κ2) is 3.79. The van der Waals surface area contributed by atoms with Gasteiger partial charge in [0.25, 0.3) is 0 Å². The van der Waals surface area contributed by atoms with Crippen LogP contribution in [-0.2, 0) is 10.0 Å². The monoisotopic (exact) mass is 233 g/mol. The second-order valence-electron chi connectivity index (χ2n) is 3.14. The first-order valence-electron chi connectivity index (χ1n) is 4.03. The summed E-state index contributed by atoms with van der Waals surface area (Å²) in [6.07, 6.45) is 1.15. The van der Waals surface area contributed by atoms with E-state index in [0.29, 0.717) is 10.7 Å². The number of aryl methyl sites for hydroxylation is 1. The van der Waals surface area contributed by atoms with E-state index in [2.05, 4.69) is 0 Å². The van der Waals surface area contributed by atoms with Crippen LogP contribution in [0.2, 0.25) is 5.02 Å². The fraction of sp³-hybridized carbons (Fsp3) is 0.333. The SMILES string of the molecule is Cc1cccc(Cl)c1N(C)S(C)(=O)=O. The molecular formula is C9H12ClNO2S. The number of rotatable bonds is 2. The first-order chi connectivity index (χ1) is 6.34. The minimum atomic E-state index is -3.25. The smallest absolute Gasteiger partial charge is 0.232 e. The van der Waals surface area contributed by atoms with Crippen molar-refractivity contribution in [2.75, 3.05) is 17.6 Å². The van der Waals surface area contributed by atoms with Crippen LogP contribution >= 0.6 is 11.6 Å². The van der Waals surface area contributed by atoms with Crippen molar-refractivity contribution < 1.29 is 8.42 Å². The predicted molar refractivity (Wildman–Crippen MR) is 59.4 cm³/mol. The van der Waals surface area contributed by atoms with E-state index < -0.39 is 10.0 Å². The molecule has 0 aliphatic carbocycles. The number of nitrogens with zero attached hydrogens (tertiary/aromatic N) is 1. The number of halogens is 1. The van der Waals surface area contributed by atoms with Crippen LogP contribution < -0.4 is 4.31 Å². The molecular weight excluding hydrogens is 222 g/mol. The van der Waals surface area contributed by atoms with Gasteiger partial charge in [-0.3, -0.25) is 4.31 Å². The van der Waals surface area contributed by atoms with E-state index >= 15 is 0 Å². The zero-order chi connectivity index (χ0) is 10.9. The summed E-state index contributed by atoms with van der Waals surface area (Å²) >= 11 is 5.92. The van der Waals surface area contributed by atoms with Crippen LogP contribution in [0.4, 0.5) is 5.69 Å². The van der Waals surface area contributed by atoms with Crippen molar-refractivity contribution in [3.63, 3.8) is 0 Å². The van der Waals surface area contributed by atoms with Gasteiger partial charge in [-0.05, 0) is 18.6 Å². The molecule has 0 aliphatic rings. The molecule has 0 amide bonds. The molecule has 0 heterocycles. The predicted octanol–water partition coefficient (Wildman–Crippen LogP) is 2.04. The van der Waals surface area contributed by atoms with Crippen LogP contribution in [0.3, 0.4) is 0 Å². The minimum Gasteiger partial charge on any atom is -0.272 e. The summed E-state index contributed by atoms with van der Waals surface area (Å²) in [7, 11) is -1.76. The van der Waals surface area contributed by atoms with Crippen LogP contribution in [0.25, 0.3) is 0 Å². The lowest BCUT2D eigenvalue weighted by molar-refractivity contribution is 0.600. The zero-order valence-electron chi connectivity index (χ0n) is 8.28. The highest BCUT2D eigenvalue weighted by molar-refractivity contribution is 7.92. The highest BCUT2D eigenvalue weighted by Crippen LogP contribution is 2.29. The average Bonchev–Trinajstić information content (AvgIpc) is 2.01. The molecule has 0 aromatic heterocycles. The molecule has 1 aromatic carbocycles. The summed E-state index contributed by atoms with van der Waals surface area (Å²) < 4.78 is 23.8. The van der Waals surface area contributed by atoms with Gasteiger partial charge in [0.1, 0.15) is 0 Å². The first kappa shape index (κ1) is 11.3. The summed E-state index contributed by atoms with van der Waals surface area (Å²) in [5.74, 6) is 0. The molecule has 5 heteroatoms. The van der Waals surface area contributed by atoms with Crippen LogP contribution in [0.15, 0.2) is 18.2 Å². The maximum Gasteiger partial charge on any atom is 0.232 e. The van der Waals surface area contributed by atoms with Gasteiger partial charge in [-0.2, -0.15) is 0 Å². The highest BCUT2D eigenvalue weighted by Gasteiger charge is 2.16. The van der Waals surface area contributed by atoms with E-state index in [-0.39, 0.29) is 0 Å². The Morgan fingerprint density at radius 2 is 1.93 bits per heavy atom. The Balaban J connectivity index is 3.33. The maximum atomic E-state index is 11.3. The molecule has 0 unspecified atom stereocenters. The second-order valence-corrected chi connectivity index (χ2v) is 5.56.